The number of hydrogen-bond acceptors (Lipinski definition) is 6. The molecule has 0 spiro atoms. The lowest BCUT2D eigenvalue weighted by Gasteiger charge is -2.18. The molecular formula is C61H110O6. The maximum Gasteiger partial charge on any atom is 0.306 e. The Labute approximate surface area is 416 Å². The maximum absolute atomic E-state index is 12.7. The van der Waals surface area contributed by atoms with Crippen LogP contribution in [0.4, 0.5) is 0 Å². The number of carbonyl (C=O) groups excluding carboxylic acids is 3. The van der Waals surface area contributed by atoms with Crippen LogP contribution in [0.1, 0.15) is 303 Å². The summed E-state index contributed by atoms with van der Waals surface area (Å²) in [5.41, 5.74) is 0. The van der Waals surface area contributed by atoms with E-state index in [1.54, 1.807) is 0 Å². The van der Waals surface area contributed by atoms with E-state index < -0.39 is 6.10 Å². The molecule has 390 valence electrons. The molecule has 0 heterocycles. The molecule has 0 amide bonds. The molecule has 0 radical (unpaired) electrons. The first kappa shape index (κ1) is 64.4. The van der Waals surface area contributed by atoms with Crippen molar-refractivity contribution in [1.82, 2.24) is 0 Å². The quantitative estimate of drug-likeness (QED) is 0.0262. The van der Waals surface area contributed by atoms with Gasteiger partial charge in [0.1, 0.15) is 13.2 Å². The average molecular weight is 940 g/mol. The van der Waals surface area contributed by atoms with E-state index in [0.29, 0.717) is 19.3 Å². The van der Waals surface area contributed by atoms with Gasteiger partial charge in [0.15, 0.2) is 6.10 Å². The molecule has 0 aliphatic heterocycles. The van der Waals surface area contributed by atoms with E-state index in [9.17, 15) is 14.4 Å². The number of esters is 3. The van der Waals surface area contributed by atoms with Gasteiger partial charge in [-0.1, -0.05) is 256 Å². The molecule has 0 aliphatic carbocycles. The molecule has 6 heteroatoms. The first-order valence-electron chi connectivity index (χ1n) is 29.1. The Balaban J connectivity index is 3.91. The molecular weight excluding hydrogens is 829 g/mol. The first-order valence-corrected chi connectivity index (χ1v) is 29.1. The minimum atomic E-state index is -0.773. The van der Waals surface area contributed by atoms with Gasteiger partial charge >= 0.3 is 17.9 Å². The topological polar surface area (TPSA) is 78.9 Å². The van der Waals surface area contributed by atoms with Crippen molar-refractivity contribution in [2.75, 3.05) is 13.2 Å². The molecule has 0 aromatic carbocycles. The Kier molecular flexibility index (Phi) is 53.8. The summed E-state index contributed by atoms with van der Waals surface area (Å²) in [4.78, 5) is 37.7. The van der Waals surface area contributed by atoms with Crippen LogP contribution in [-0.4, -0.2) is 37.2 Å². The van der Waals surface area contributed by atoms with Crippen LogP contribution in [0.25, 0.3) is 0 Å². The molecule has 6 nitrogen and oxygen atoms in total. The molecule has 0 bridgehead atoms. The Morgan fingerprint density at radius 3 is 0.881 bits per heavy atom. The molecule has 0 aromatic heterocycles. The number of carbonyl (C=O) groups is 3. The average Bonchev–Trinajstić information content (AvgIpc) is 3.33. The van der Waals surface area contributed by atoms with Crippen molar-refractivity contribution >= 4 is 17.9 Å². The zero-order chi connectivity index (χ0) is 48.6. The molecule has 0 saturated heterocycles. The molecule has 67 heavy (non-hydrogen) atoms. The zero-order valence-corrected chi connectivity index (χ0v) is 44.7. The molecule has 0 rings (SSSR count). The second-order valence-corrected chi connectivity index (χ2v) is 19.6. The van der Waals surface area contributed by atoms with Gasteiger partial charge in [-0.25, -0.2) is 0 Å². The van der Waals surface area contributed by atoms with Gasteiger partial charge < -0.3 is 14.2 Å². The normalized spacial score (nSPS) is 12.3. The lowest BCUT2D eigenvalue weighted by molar-refractivity contribution is -0.167. The van der Waals surface area contributed by atoms with Crippen LogP contribution in [0.3, 0.4) is 0 Å². The monoisotopic (exact) mass is 939 g/mol. The van der Waals surface area contributed by atoms with Crippen molar-refractivity contribution in [3.63, 3.8) is 0 Å². The lowest BCUT2D eigenvalue weighted by atomic mass is 10.0. The fourth-order valence-corrected chi connectivity index (χ4v) is 8.39. The van der Waals surface area contributed by atoms with Crippen LogP contribution in [0.5, 0.6) is 0 Å². The van der Waals surface area contributed by atoms with E-state index in [0.717, 1.165) is 103 Å². The SMILES string of the molecule is CCC/C=C\C/C=C\CCCCCCCC(=O)OC(COC(=O)CCCCCCC)COC(=O)CCCCCCCCCCCCCCCCCCCCC/C=C\C/C=C\CCCCCCC. The predicted octanol–water partition coefficient (Wildman–Crippen LogP) is 19.4. The van der Waals surface area contributed by atoms with E-state index in [4.69, 9.17) is 14.2 Å². The van der Waals surface area contributed by atoms with Crippen molar-refractivity contribution in [3.8, 4) is 0 Å². The highest BCUT2D eigenvalue weighted by atomic mass is 16.6. The third-order valence-electron chi connectivity index (χ3n) is 12.8. The second kappa shape index (κ2) is 56.0. The highest BCUT2D eigenvalue weighted by molar-refractivity contribution is 5.71. The van der Waals surface area contributed by atoms with Gasteiger partial charge in [0, 0.05) is 19.3 Å². The van der Waals surface area contributed by atoms with Gasteiger partial charge in [0.2, 0.25) is 0 Å². The van der Waals surface area contributed by atoms with Crippen molar-refractivity contribution < 1.29 is 28.6 Å². The van der Waals surface area contributed by atoms with E-state index in [-0.39, 0.29) is 31.1 Å². The summed E-state index contributed by atoms with van der Waals surface area (Å²) in [6.07, 6.45) is 68.9. The summed E-state index contributed by atoms with van der Waals surface area (Å²) in [7, 11) is 0. The van der Waals surface area contributed by atoms with Crippen LogP contribution in [-0.2, 0) is 28.6 Å². The van der Waals surface area contributed by atoms with Crippen LogP contribution < -0.4 is 0 Å². The smallest absolute Gasteiger partial charge is 0.306 e. The minimum absolute atomic E-state index is 0.0763. The standard InChI is InChI=1S/C61H110O6/c1-4-7-10-13-15-17-19-21-22-23-24-25-26-27-28-29-30-31-32-33-34-35-36-37-38-40-41-43-45-48-51-54-60(63)66-57-58(56-65-59(62)53-50-47-12-9-6-3)67-61(64)55-52-49-46-44-42-39-20-18-16-14-11-8-5-2/h11,14,18-21,23-24,58H,4-10,12-13,15-17,22,25-57H2,1-3H3/b14-11-,20-18-,21-19-,24-23-. The lowest BCUT2D eigenvalue weighted by Crippen LogP contribution is -2.30. The van der Waals surface area contributed by atoms with Crippen molar-refractivity contribution in [2.45, 2.75) is 309 Å². The number of ether oxygens (including phenoxy) is 3. The van der Waals surface area contributed by atoms with E-state index in [1.807, 2.05) is 0 Å². The highest BCUT2D eigenvalue weighted by Crippen LogP contribution is 2.17. The largest absolute Gasteiger partial charge is 0.462 e. The van der Waals surface area contributed by atoms with E-state index in [1.165, 1.54) is 161 Å². The van der Waals surface area contributed by atoms with Crippen molar-refractivity contribution in [1.29, 1.82) is 0 Å². The third kappa shape index (κ3) is 54.2. The fraction of sp³-hybridized carbons (Fsp3) is 0.820. The molecule has 0 aromatic rings. The molecule has 0 aliphatic rings. The number of allylic oxidation sites excluding steroid dienone is 8. The van der Waals surface area contributed by atoms with Gasteiger partial charge in [-0.15, -0.1) is 0 Å². The minimum Gasteiger partial charge on any atom is -0.462 e. The van der Waals surface area contributed by atoms with Gasteiger partial charge in [-0.3, -0.25) is 14.4 Å². The Morgan fingerprint density at radius 2 is 0.567 bits per heavy atom. The fourth-order valence-electron chi connectivity index (χ4n) is 8.39. The van der Waals surface area contributed by atoms with Crippen LogP contribution in [0.15, 0.2) is 48.6 Å². The molecule has 0 fully saturated rings. The van der Waals surface area contributed by atoms with Crippen LogP contribution >= 0.6 is 0 Å². The number of unbranched alkanes of at least 4 members (excludes halogenated alkanes) is 34. The zero-order valence-electron chi connectivity index (χ0n) is 44.7. The summed E-state index contributed by atoms with van der Waals surface area (Å²) in [5, 5.41) is 0. The molecule has 0 N–H and O–H groups in total. The molecule has 1 atom stereocenters. The Bertz CT molecular complexity index is 1170. The Morgan fingerprint density at radius 1 is 0.299 bits per heavy atom. The van der Waals surface area contributed by atoms with Crippen LogP contribution in [0.2, 0.25) is 0 Å². The molecule has 0 saturated carbocycles. The summed E-state index contributed by atoms with van der Waals surface area (Å²) in [6, 6.07) is 0. The summed E-state index contributed by atoms with van der Waals surface area (Å²) < 4.78 is 16.7. The highest BCUT2D eigenvalue weighted by Gasteiger charge is 2.19. The summed E-state index contributed by atoms with van der Waals surface area (Å²) in [5.74, 6) is -0.895. The summed E-state index contributed by atoms with van der Waals surface area (Å²) >= 11 is 0. The first-order chi connectivity index (χ1) is 33.0. The summed E-state index contributed by atoms with van der Waals surface area (Å²) in [6.45, 7) is 6.49. The van der Waals surface area contributed by atoms with Crippen molar-refractivity contribution in [3.05, 3.63) is 48.6 Å². The number of rotatable bonds is 53. The van der Waals surface area contributed by atoms with Crippen LogP contribution in [0, 0.1) is 0 Å². The maximum atomic E-state index is 12.7. The van der Waals surface area contributed by atoms with Gasteiger partial charge in [0.25, 0.3) is 0 Å². The van der Waals surface area contributed by atoms with Gasteiger partial charge in [-0.05, 0) is 77.0 Å². The third-order valence-corrected chi connectivity index (χ3v) is 12.8. The van der Waals surface area contributed by atoms with Gasteiger partial charge in [-0.2, -0.15) is 0 Å². The van der Waals surface area contributed by atoms with Crippen molar-refractivity contribution in [2.24, 2.45) is 0 Å². The van der Waals surface area contributed by atoms with Gasteiger partial charge in [0.05, 0.1) is 0 Å². The van der Waals surface area contributed by atoms with E-state index in [2.05, 4.69) is 69.4 Å². The predicted molar refractivity (Wildman–Crippen MR) is 289 cm³/mol. The molecule has 1 unspecified atom stereocenters. The Hall–Kier alpha value is -2.63. The second-order valence-electron chi connectivity index (χ2n) is 19.6. The van der Waals surface area contributed by atoms with E-state index >= 15 is 0 Å². The number of hydrogen-bond donors (Lipinski definition) is 0.